The van der Waals surface area contributed by atoms with Gasteiger partial charge < -0.3 is 15.2 Å². The van der Waals surface area contributed by atoms with E-state index in [-0.39, 0.29) is 5.75 Å². The van der Waals surface area contributed by atoms with Crippen molar-refractivity contribution in [3.63, 3.8) is 0 Å². The number of nitrogens with zero attached hydrogens (tertiary/aromatic N) is 2. The standard InChI is InChI=1S/C14H18BrN3O2/c1-18-11(4-6-17-18)3-5-16-9-10-7-12(15)14(19)13(8-10)20-2/h4,6-8,16,19H,3,5,9H2,1-2H3. The molecular weight excluding hydrogens is 322 g/mol. The van der Waals surface area contributed by atoms with Crippen LogP contribution in [0.1, 0.15) is 11.3 Å². The molecule has 1 aromatic carbocycles. The van der Waals surface area contributed by atoms with Gasteiger partial charge in [-0.15, -0.1) is 0 Å². The molecule has 2 N–H and O–H groups in total. The number of ether oxygens (including phenoxy) is 1. The zero-order chi connectivity index (χ0) is 14.5. The van der Waals surface area contributed by atoms with E-state index in [0.29, 0.717) is 16.8 Å². The third kappa shape index (κ3) is 3.52. The van der Waals surface area contributed by atoms with Crippen molar-refractivity contribution in [1.29, 1.82) is 0 Å². The van der Waals surface area contributed by atoms with E-state index in [1.165, 1.54) is 5.69 Å². The Hall–Kier alpha value is -1.53. The first kappa shape index (κ1) is 14.9. The smallest absolute Gasteiger partial charge is 0.172 e. The lowest BCUT2D eigenvalue weighted by atomic mass is 10.2. The number of hydrogen-bond acceptors (Lipinski definition) is 4. The van der Waals surface area contributed by atoms with Crippen molar-refractivity contribution in [2.45, 2.75) is 13.0 Å². The van der Waals surface area contributed by atoms with Crippen molar-refractivity contribution >= 4 is 15.9 Å². The number of hydrogen-bond donors (Lipinski definition) is 2. The summed E-state index contributed by atoms with van der Waals surface area (Å²) in [6, 6.07) is 5.73. The van der Waals surface area contributed by atoms with Gasteiger partial charge >= 0.3 is 0 Å². The maximum Gasteiger partial charge on any atom is 0.172 e. The zero-order valence-electron chi connectivity index (χ0n) is 11.6. The van der Waals surface area contributed by atoms with Crippen LogP contribution < -0.4 is 10.1 Å². The first-order chi connectivity index (χ1) is 9.61. The van der Waals surface area contributed by atoms with Crippen LogP contribution in [0.2, 0.25) is 0 Å². The summed E-state index contributed by atoms with van der Waals surface area (Å²) in [6.07, 6.45) is 2.73. The van der Waals surface area contributed by atoms with E-state index in [2.05, 4.69) is 26.3 Å². The minimum Gasteiger partial charge on any atom is -0.503 e. The highest BCUT2D eigenvalue weighted by atomic mass is 79.9. The largest absolute Gasteiger partial charge is 0.503 e. The molecule has 0 aliphatic rings. The molecule has 0 unspecified atom stereocenters. The molecule has 5 nitrogen and oxygen atoms in total. The van der Waals surface area contributed by atoms with E-state index in [1.54, 1.807) is 13.3 Å². The summed E-state index contributed by atoms with van der Waals surface area (Å²) in [5, 5.41) is 17.2. The van der Waals surface area contributed by atoms with Gasteiger partial charge in [-0.3, -0.25) is 4.68 Å². The van der Waals surface area contributed by atoms with Crippen LogP contribution in [0.25, 0.3) is 0 Å². The summed E-state index contributed by atoms with van der Waals surface area (Å²) in [5.74, 6) is 0.606. The van der Waals surface area contributed by atoms with Crippen LogP contribution in [-0.2, 0) is 20.0 Å². The van der Waals surface area contributed by atoms with Gasteiger partial charge in [0.1, 0.15) is 0 Å². The average molecular weight is 340 g/mol. The number of benzene rings is 1. The summed E-state index contributed by atoms with van der Waals surface area (Å²) >= 11 is 3.32. The fraction of sp³-hybridized carbons (Fsp3) is 0.357. The Kier molecular flexibility index (Phi) is 5.03. The van der Waals surface area contributed by atoms with Gasteiger partial charge in [-0.2, -0.15) is 5.10 Å². The topological polar surface area (TPSA) is 59.3 Å². The molecule has 0 saturated carbocycles. The van der Waals surface area contributed by atoms with Crippen molar-refractivity contribution in [3.05, 3.63) is 40.1 Å². The molecule has 0 aliphatic heterocycles. The van der Waals surface area contributed by atoms with Crippen LogP contribution in [-0.4, -0.2) is 28.5 Å². The second-order valence-electron chi connectivity index (χ2n) is 4.50. The molecule has 6 heteroatoms. The van der Waals surface area contributed by atoms with Crippen molar-refractivity contribution in [2.75, 3.05) is 13.7 Å². The number of aryl methyl sites for hydroxylation is 1. The average Bonchev–Trinajstić information content (AvgIpc) is 2.84. The quantitative estimate of drug-likeness (QED) is 0.792. The zero-order valence-corrected chi connectivity index (χ0v) is 13.1. The molecule has 0 fully saturated rings. The number of aromatic nitrogens is 2. The number of methoxy groups -OCH3 is 1. The van der Waals surface area contributed by atoms with Crippen LogP contribution in [0.15, 0.2) is 28.9 Å². The molecule has 0 aliphatic carbocycles. The predicted molar refractivity (Wildman–Crippen MR) is 81.0 cm³/mol. The summed E-state index contributed by atoms with van der Waals surface area (Å²) in [4.78, 5) is 0. The van der Waals surface area contributed by atoms with E-state index in [9.17, 15) is 5.11 Å². The van der Waals surface area contributed by atoms with Gasteiger partial charge in [-0.1, -0.05) is 0 Å². The fourth-order valence-corrected chi connectivity index (χ4v) is 2.47. The minimum atomic E-state index is 0.131. The molecule has 2 aromatic rings. The number of aromatic hydroxyl groups is 1. The van der Waals surface area contributed by atoms with Crippen LogP contribution in [0.3, 0.4) is 0 Å². The lowest BCUT2D eigenvalue weighted by molar-refractivity contribution is 0.371. The normalized spacial score (nSPS) is 10.8. The monoisotopic (exact) mass is 339 g/mol. The third-order valence-corrected chi connectivity index (χ3v) is 3.72. The highest BCUT2D eigenvalue weighted by molar-refractivity contribution is 9.10. The number of phenolic OH excluding ortho intramolecular Hbond substituents is 1. The van der Waals surface area contributed by atoms with Gasteiger partial charge in [0.25, 0.3) is 0 Å². The van der Waals surface area contributed by atoms with Crippen LogP contribution in [0.5, 0.6) is 11.5 Å². The molecular formula is C14H18BrN3O2. The number of rotatable bonds is 6. The molecule has 108 valence electrons. The van der Waals surface area contributed by atoms with Crippen LogP contribution >= 0.6 is 15.9 Å². The SMILES string of the molecule is COc1cc(CNCCc2ccnn2C)cc(Br)c1O. The molecule has 0 saturated heterocycles. The lowest BCUT2D eigenvalue weighted by Crippen LogP contribution is -2.18. The first-order valence-corrected chi connectivity index (χ1v) is 7.14. The van der Waals surface area contributed by atoms with Crippen LogP contribution in [0, 0.1) is 0 Å². The summed E-state index contributed by atoms with van der Waals surface area (Å²) in [6.45, 7) is 1.58. The van der Waals surface area contributed by atoms with Crippen molar-refractivity contribution in [2.24, 2.45) is 7.05 Å². The fourth-order valence-electron chi connectivity index (χ4n) is 1.98. The first-order valence-electron chi connectivity index (χ1n) is 6.34. The van der Waals surface area contributed by atoms with E-state index < -0.39 is 0 Å². The Morgan fingerprint density at radius 1 is 1.45 bits per heavy atom. The molecule has 0 bridgehead atoms. The predicted octanol–water partition coefficient (Wildman–Crippen LogP) is 2.23. The molecule has 0 amide bonds. The summed E-state index contributed by atoms with van der Waals surface area (Å²) in [7, 11) is 3.48. The molecule has 2 rings (SSSR count). The number of phenols is 1. The van der Waals surface area contributed by atoms with Gasteiger partial charge in [0.15, 0.2) is 11.5 Å². The van der Waals surface area contributed by atoms with Crippen LogP contribution in [0.4, 0.5) is 0 Å². The second-order valence-corrected chi connectivity index (χ2v) is 5.36. The second kappa shape index (κ2) is 6.76. The van der Waals surface area contributed by atoms with Gasteiger partial charge in [0.2, 0.25) is 0 Å². The molecule has 0 atom stereocenters. The van der Waals surface area contributed by atoms with E-state index in [1.807, 2.05) is 29.9 Å². The maximum atomic E-state index is 9.75. The van der Waals surface area contributed by atoms with Gasteiger partial charge in [-0.05, 0) is 39.7 Å². The van der Waals surface area contributed by atoms with E-state index in [4.69, 9.17) is 4.74 Å². The molecule has 0 spiro atoms. The summed E-state index contributed by atoms with van der Waals surface area (Å²) in [5.41, 5.74) is 2.25. The molecule has 20 heavy (non-hydrogen) atoms. The highest BCUT2D eigenvalue weighted by Gasteiger charge is 2.08. The van der Waals surface area contributed by atoms with Crippen molar-refractivity contribution in [1.82, 2.24) is 15.1 Å². The Morgan fingerprint density at radius 2 is 2.25 bits per heavy atom. The number of nitrogens with one attached hydrogen (secondary N) is 1. The van der Waals surface area contributed by atoms with Gasteiger partial charge in [0.05, 0.1) is 11.6 Å². The van der Waals surface area contributed by atoms with Gasteiger partial charge in [-0.25, -0.2) is 0 Å². The Morgan fingerprint density at radius 3 is 2.90 bits per heavy atom. The van der Waals surface area contributed by atoms with Crippen molar-refractivity contribution < 1.29 is 9.84 Å². The highest BCUT2D eigenvalue weighted by Crippen LogP contribution is 2.35. The Labute approximate surface area is 126 Å². The lowest BCUT2D eigenvalue weighted by Gasteiger charge is -2.10. The number of halogens is 1. The van der Waals surface area contributed by atoms with E-state index >= 15 is 0 Å². The third-order valence-electron chi connectivity index (χ3n) is 3.12. The Balaban J connectivity index is 1.88. The van der Waals surface area contributed by atoms with Gasteiger partial charge in [0, 0.05) is 38.4 Å². The van der Waals surface area contributed by atoms with E-state index in [0.717, 1.165) is 18.5 Å². The molecule has 1 heterocycles. The molecule has 1 aromatic heterocycles. The van der Waals surface area contributed by atoms with Crippen molar-refractivity contribution in [3.8, 4) is 11.5 Å². The Bertz CT molecular complexity index is 584. The maximum absolute atomic E-state index is 9.75. The molecule has 0 radical (unpaired) electrons. The summed E-state index contributed by atoms with van der Waals surface area (Å²) < 4.78 is 7.64. The minimum absolute atomic E-state index is 0.131.